The van der Waals surface area contributed by atoms with E-state index in [1.54, 1.807) is 6.08 Å². The molecular formula is C16H20O3. The fourth-order valence-electron chi connectivity index (χ4n) is 2.45. The molecule has 0 saturated carbocycles. The number of hydrogen-bond acceptors (Lipinski definition) is 3. The lowest BCUT2D eigenvalue weighted by Gasteiger charge is -2.43. The van der Waals surface area contributed by atoms with Gasteiger partial charge in [-0.1, -0.05) is 36.4 Å². The van der Waals surface area contributed by atoms with E-state index >= 15 is 0 Å². The molecule has 1 aliphatic rings. The molecule has 1 aromatic carbocycles. The Kier molecular flexibility index (Phi) is 3.88. The van der Waals surface area contributed by atoms with Gasteiger partial charge in [-0.3, -0.25) is 4.79 Å². The highest BCUT2D eigenvalue weighted by Gasteiger charge is 2.47. The Hall–Kier alpha value is -1.45. The first-order valence-corrected chi connectivity index (χ1v) is 6.50. The molecule has 19 heavy (non-hydrogen) atoms. The third-order valence-corrected chi connectivity index (χ3v) is 3.31. The number of ether oxygens (including phenoxy) is 2. The molecule has 0 spiro atoms. The number of hydrogen-bond donors (Lipinski definition) is 0. The minimum absolute atomic E-state index is 0.0180. The summed E-state index contributed by atoms with van der Waals surface area (Å²) in [6, 6.07) is 9.89. The van der Waals surface area contributed by atoms with E-state index in [1.807, 2.05) is 44.2 Å². The minimum Gasteiger partial charge on any atom is -0.343 e. The Morgan fingerprint density at radius 1 is 1.32 bits per heavy atom. The number of carbonyl (C=O) groups excluding carboxylic acids is 1. The van der Waals surface area contributed by atoms with Crippen molar-refractivity contribution in [2.75, 3.05) is 6.61 Å². The molecule has 1 atom stereocenters. The van der Waals surface area contributed by atoms with Crippen LogP contribution in [0.2, 0.25) is 0 Å². The minimum atomic E-state index is -0.856. The van der Waals surface area contributed by atoms with Crippen LogP contribution in [0.3, 0.4) is 0 Å². The molecule has 102 valence electrons. The molecule has 0 aromatic heterocycles. The predicted molar refractivity (Wildman–Crippen MR) is 73.8 cm³/mol. The van der Waals surface area contributed by atoms with Gasteiger partial charge in [-0.15, -0.1) is 6.58 Å². The van der Waals surface area contributed by atoms with Gasteiger partial charge in [0, 0.05) is 12.8 Å². The largest absolute Gasteiger partial charge is 0.343 e. The standard InChI is InChI=1S/C16H20O3/c1-4-10-16(11-13-8-6-5-7-9-13)14(17)12-18-15(2,3)19-16/h4-9H,1,10-12H2,2-3H3/t16-/m1/s1. The zero-order valence-electron chi connectivity index (χ0n) is 11.5. The third-order valence-electron chi connectivity index (χ3n) is 3.31. The molecule has 1 heterocycles. The van der Waals surface area contributed by atoms with Gasteiger partial charge < -0.3 is 9.47 Å². The van der Waals surface area contributed by atoms with Gasteiger partial charge in [-0.05, 0) is 19.4 Å². The summed E-state index contributed by atoms with van der Waals surface area (Å²) in [7, 11) is 0. The Morgan fingerprint density at radius 3 is 2.63 bits per heavy atom. The number of carbonyl (C=O) groups is 1. The van der Waals surface area contributed by atoms with Crippen molar-refractivity contribution < 1.29 is 14.3 Å². The van der Waals surface area contributed by atoms with Gasteiger partial charge in [0.25, 0.3) is 0 Å². The van der Waals surface area contributed by atoms with E-state index in [9.17, 15) is 4.79 Å². The highest BCUT2D eigenvalue weighted by Crippen LogP contribution is 2.34. The monoisotopic (exact) mass is 260 g/mol. The van der Waals surface area contributed by atoms with Crippen LogP contribution in [0.25, 0.3) is 0 Å². The van der Waals surface area contributed by atoms with E-state index in [-0.39, 0.29) is 12.4 Å². The van der Waals surface area contributed by atoms with Gasteiger partial charge in [0.15, 0.2) is 11.6 Å². The second-order valence-electron chi connectivity index (χ2n) is 5.36. The van der Waals surface area contributed by atoms with Crippen LogP contribution in [0.4, 0.5) is 0 Å². The van der Waals surface area contributed by atoms with Crippen LogP contribution in [0, 0.1) is 0 Å². The van der Waals surface area contributed by atoms with Gasteiger partial charge in [0.05, 0.1) is 0 Å². The Labute approximate surface area is 114 Å². The molecule has 0 radical (unpaired) electrons. The highest BCUT2D eigenvalue weighted by molar-refractivity contribution is 5.89. The van der Waals surface area contributed by atoms with Crippen LogP contribution < -0.4 is 0 Å². The van der Waals surface area contributed by atoms with Crippen molar-refractivity contribution >= 4 is 5.78 Å². The predicted octanol–water partition coefficient (Wildman–Crippen LogP) is 2.90. The molecule has 1 saturated heterocycles. The average molecular weight is 260 g/mol. The fourth-order valence-corrected chi connectivity index (χ4v) is 2.45. The van der Waals surface area contributed by atoms with Crippen LogP contribution in [0.1, 0.15) is 25.8 Å². The molecule has 3 heteroatoms. The summed E-state index contributed by atoms with van der Waals surface area (Å²) in [4.78, 5) is 12.3. The average Bonchev–Trinajstić information content (AvgIpc) is 2.35. The van der Waals surface area contributed by atoms with Crippen molar-refractivity contribution in [3.8, 4) is 0 Å². The Morgan fingerprint density at radius 2 is 2.00 bits per heavy atom. The molecule has 0 unspecified atom stereocenters. The molecule has 1 aromatic rings. The molecule has 0 bridgehead atoms. The summed E-state index contributed by atoms with van der Waals surface area (Å²) in [5.74, 6) is -0.762. The maximum atomic E-state index is 12.3. The van der Waals surface area contributed by atoms with E-state index < -0.39 is 11.4 Å². The van der Waals surface area contributed by atoms with E-state index in [1.165, 1.54) is 0 Å². The molecular weight excluding hydrogens is 240 g/mol. The highest BCUT2D eigenvalue weighted by atomic mass is 16.7. The van der Waals surface area contributed by atoms with Crippen LogP contribution in [0.5, 0.6) is 0 Å². The van der Waals surface area contributed by atoms with Crippen LogP contribution >= 0.6 is 0 Å². The summed E-state index contributed by atoms with van der Waals surface area (Å²) in [6.45, 7) is 7.51. The number of rotatable bonds is 4. The van der Waals surface area contributed by atoms with Crippen molar-refractivity contribution in [3.63, 3.8) is 0 Å². The van der Waals surface area contributed by atoms with E-state index in [4.69, 9.17) is 9.47 Å². The van der Waals surface area contributed by atoms with Crippen LogP contribution in [-0.4, -0.2) is 23.8 Å². The summed E-state index contributed by atoms with van der Waals surface area (Å²) in [6.07, 6.45) is 2.78. The lowest BCUT2D eigenvalue weighted by Crippen LogP contribution is -2.56. The van der Waals surface area contributed by atoms with Crippen LogP contribution in [-0.2, 0) is 20.7 Å². The van der Waals surface area contributed by atoms with E-state index in [2.05, 4.69) is 6.58 Å². The Bertz CT molecular complexity index is 464. The zero-order chi connectivity index (χ0) is 13.9. The van der Waals surface area contributed by atoms with E-state index in [0.29, 0.717) is 12.8 Å². The maximum absolute atomic E-state index is 12.3. The van der Waals surface area contributed by atoms with Gasteiger partial charge in [-0.25, -0.2) is 0 Å². The van der Waals surface area contributed by atoms with E-state index in [0.717, 1.165) is 5.56 Å². The second kappa shape index (κ2) is 5.27. The summed E-state index contributed by atoms with van der Waals surface area (Å²) in [5, 5.41) is 0. The first-order valence-electron chi connectivity index (χ1n) is 6.50. The van der Waals surface area contributed by atoms with Crippen molar-refractivity contribution in [1.82, 2.24) is 0 Å². The first-order chi connectivity index (χ1) is 8.97. The fraction of sp³-hybridized carbons (Fsp3) is 0.438. The molecule has 0 N–H and O–H groups in total. The lowest BCUT2D eigenvalue weighted by molar-refractivity contribution is -0.287. The van der Waals surface area contributed by atoms with Crippen molar-refractivity contribution in [1.29, 1.82) is 0 Å². The number of ketones is 1. The molecule has 0 amide bonds. The molecule has 2 rings (SSSR count). The molecule has 1 aliphatic heterocycles. The van der Waals surface area contributed by atoms with Gasteiger partial charge in [0.1, 0.15) is 12.2 Å². The quantitative estimate of drug-likeness (QED) is 0.781. The number of Topliss-reactive ketones (excluding diaryl/α,β-unsaturated/α-hetero) is 1. The van der Waals surface area contributed by atoms with Gasteiger partial charge in [0.2, 0.25) is 0 Å². The topological polar surface area (TPSA) is 35.5 Å². The Balaban J connectivity index is 2.30. The van der Waals surface area contributed by atoms with Gasteiger partial charge in [-0.2, -0.15) is 0 Å². The number of benzene rings is 1. The third kappa shape index (κ3) is 3.11. The second-order valence-corrected chi connectivity index (χ2v) is 5.36. The zero-order valence-corrected chi connectivity index (χ0v) is 11.5. The SMILES string of the molecule is C=CC[C@]1(Cc2ccccc2)OC(C)(C)OCC1=O. The smallest absolute Gasteiger partial charge is 0.191 e. The maximum Gasteiger partial charge on any atom is 0.191 e. The normalized spacial score (nSPS) is 26.1. The van der Waals surface area contributed by atoms with Crippen molar-refractivity contribution in [2.45, 2.75) is 38.1 Å². The van der Waals surface area contributed by atoms with Crippen molar-refractivity contribution in [2.24, 2.45) is 0 Å². The first kappa shape index (κ1) is 14.0. The summed E-state index contributed by atoms with van der Waals surface area (Å²) >= 11 is 0. The van der Waals surface area contributed by atoms with Crippen LogP contribution in [0.15, 0.2) is 43.0 Å². The molecule has 1 fully saturated rings. The summed E-state index contributed by atoms with van der Waals surface area (Å²) < 4.78 is 11.4. The lowest BCUT2D eigenvalue weighted by atomic mass is 9.86. The van der Waals surface area contributed by atoms with Crippen molar-refractivity contribution in [3.05, 3.63) is 48.6 Å². The molecule has 0 aliphatic carbocycles. The van der Waals surface area contributed by atoms with Gasteiger partial charge >= 0.3 is 0 Å². The molecule has 3 nitrogen and oxygen atoms in total. The summed E-state index contributed by atoms with van der Waals surface area (Å²) in [5.41, 5.74) is 0.223.